The number of aliphatic hydroxyl groups excluding tert-OH is 1. The quantitative estimate of drug-likeness (QED) is 0.477. The number of allylic oxidation sites excluding steroid dienone is 3. The van der Waals surface area contributed by atoms with E-state index in [1.54, 1.807) is 0 Å². The maximum absolute atomic E-state index is 12.9. The number of cyclic esters (lactones) is 1. The van der Waals surface area contributed by atoms with Crippen LogP contribution in [0.5, 0.6) is 0 Å². The maximum Gasteiger partial charge on any atom is 0.311 e. The van der Waals surface area contributed by atoms with E-state index in [-0.39, 0.29) is 74.2 Å². The molecule has 0 unspecified atom stereocenters. The molecule has 0 amide bonds. The minimum absolute atomic E-state index is 0. The van der Waals surface area contributed by atoms with E-state index >= 15 is 0 Å². The largest absolute Gasteiger partial charge is 0.462 e. The average Bonchev–Trinajstić information content (AvgIpc) is 2.66. The Hall–Kier alpha value is -0.360. The molecule has 170 valence electrons. The first-order chi connectivity index (χ1) is 14.1. The molecular weight excluding hydrogens is 420 g/mol. The standard InChI is InChI=1S/C25H38O5.Ca/c1-6-25(4,5)24(28)30-21-12-15(2)11-17-8-7-16(3)20(23(17)21)10-9-19-13-18(26)14-22(27)29-19;/h7-8,11,15-16,18-21,23,26H,6,9-10,12-14H2,1-5H3;/t15-,16-,18+,19+,20-,21-,23-;/m0./s1. The molecule has 0 spiro atoms. The normalized spacial score (nSPS) is 35.4. The number of esters is 2. The summed E-state index contributed by atoms with van der Waals surface area (Å²) >= 11 is 0. The van der Waals surface area contributed by atoms with Gasteiger partial charge in [-0.25, -0.2) is 0 Å². The van der Waals surface area contributed by atoms with Gasteiger partial charge in [-0.3, -0.25) is 9.59 Å². The molecule has 0 saturated carbocycles. The van der Waals surface area contributed by atoms with Crippen molar-refractivity contribution >= 4 is 49.7 Å². The molecule has 3 aliphatic rings. The Labute approximate surface area is 217 Å². The zero-order valence-electron chi connectivity index (χ0n) is 19.8. The van der Waals surface area contributed by atoms with Crippen molar-refractivity contribution in [1.29, 1.82) is 0 Å². The minimum atomic E-state index is -0.601. The predicted molar refractivity (Wildman–Crippen MR) is 121 cm³/mol. The van der Waals surface area contributed by atoms with Crippen molar-refractivity contribution in [3.05, 3.63) is 23.8 Å². The molecule has 0 aromatic carbocycles. The third-order valence-electron chi connectivity index (χ3n) is 7.35. The first-order valence-electron chi connectivity index (χ1n) is 11.6. The van der Waals surface area contributed by atoms with Crippen LogP contribution in [0.1, 0.15) is 73.1 Å². The summed E-state index contributed by atoms with van der Waals surface area (Å²) < 4.78 is 11.6. The SMILES string of the molecule is CCC(C)(C)C(=O)O[C@H]1C[C@@H](C)C=C2C=C[C@H](C)[C@H](CC[C@@H]3C[C@@H](O)CC(=O)O3)[C@H]21.[Ca]. The molecule has 1 heterocycles. The van der Waals surface area contributed by atoms with Gasteiger partial charge in [0.25, 0.3) is 0 Å². The van der Waals surface area contributed by atoms with E-state index < -0.39 is 11.5 Å². The fraction of sp³-hybridized carbons (Fsp3) is 0.760. The summed E-state index contributed by atoms with van der Waals surface area (Å²) in [6.07, 6.45) is 9.61. The molecule has 31 heavy (non-hydrogen) atoms. The van der Waals surface area contributed by atoms with E-state index in [0.717, 1.165) is 25.7 Å². The van der Waals surface area contributed by atoms with Gasteiger partial charge in [0.1, 0.15) is 12.2 Å². The molecule has 0 aromatic rings. The smallest absolute Gasteiger partial charge is 0.311 e. The van der Waals surface area contributed by atoms with E-state index in [1.165, 1.54) is 5.57 Å². The molecule has 1 aliphatic heterocycles. The van der Waals surface area contributed by atoms with Crippen LogP contribution >= 0.6 is 0 Å². The van der Waals surface area contributed by atoms with Gasteiger partial charge in [0.15, 0.2) is 0 Å². The van der Waals surface area contributed by atoms with Gasteiger partial charge in [0.2, 0.25) is 0 Å². The van der Waals surface area contributed by atoms with Crippen LogP contribution in [-0.4, -0.2) is 73.1 Å². The predicted octanol–water partition coefficient (Wildman–Crippen LogP) is 4.20. The van der Waals surface area contributed by atoms with Gasteiger partial charge in [-0.15, -0.1) is 0 Å². The van der Waals surface area contributed by atoms with Crippen molar-refractivity contribution in [2.75, 3.05) is 0 Å². The van der Waals surface area contributed by atoms with Crippen molar-refractivity contribution < 1.29 is 24.2 Å². The number of carbonyl (C=O) groups excluding carboxylic acids is 2. The Bertz CT molecular complexity index is 713. The summed E-state index contributed by atoms with van der Waals surface area (Å²) in [7, 11) is 0. The van der Waals surface area contributed by atoms with Gasteiger partial charge in [0, 0.05) is 50.1 Å². The van der Waals surface area contributed by atoms with E-state index in [9.17, 15) is 14.7 Å². The van der Waals surface area contributed by atoms with Crippen LogP contribution in [-0.2, 0) is 19.1 Å². The van der Waals surface area contributed by atoms with Gasteiger partial charge < -0.3 is 14.6 Å². The molecule has 6 heteroatoms. The van der Waals surface area contributed by atoms with E-state index in [2.05, 4.69) is 32.1 Å². The molecule has 0 aromatic heterocycles. The van der Waals surface area contributed by atoms with Gasteiger partial charge in [-0.05, 0) is 62.9 Å². The van der Waals surface area contributed by atoms with Gasteiger partial charge in [-0.1, -0.05) is 39.0 Å². The maximum atomic E-state index is 12.9. The van der Waals surface area contributed by atoms with Crippen LogP contribution in [0.2, 0.25) is 0 Å². The Morgan fingerprint density at radius 3 is 2.61 bits per heavy atom. The van der Waals surface area contributed by atoms with Gasteiger partial charge >= 0.3 is 11.9 Å². The van der Waals surface area contributed by atoms with E-state index in [1.807, 2.05) is 20.8 Å². The van der Waals surface area contributed by atoms with Crippen LogP contribution in [0.3, 0.4) is 0 Å². The Morgan fingerprint density at radius 1 is 1.26 bits per heavy atom. The zero-order chi connectivity index (χ0) is 22.1. The molecule has 3 rings (SSSR count). The number of hydrogen-bond donors (Lipinski definition) is 1. The fourth-order valence-corrected chi connectivity index (χ4v) is 5.08. The number of rotatable bonds is 6. The van der Waals surface area contributed by atoms with Crippen LogP contribution in [0, 0.1) is 29.1 Å². The van der Waals surface area contributed by atoms with Gasteiger partial charge in [-0.2, -0.15) is 0 Å². The second-order valence-electron chi connectivity index (χ2n) is 10.3. The molecule has 2 radical (unpaired) electrons. The molecular formula is C25H38CaO5. The summed E-state index contributed by atoms with van der Waals surface area (Å²) in [6, 6.07) is 0. The number of fused-ring (bicyclic) bond motifs is 1. The molecule has 5 nitrogen and oxygen atoms in total. The van der Waals surface area contributed by atoms with Crippen molar-refractivity contribution in [2.45, 2.75) is 91.5 Å². The van der Waals surface area contributed by atoms with Crippen LogP contribution in [0.25, 0.3) is 0 Å². The second-order valence-corrected chi connectivity index (χ2v) is 10.3. The third-order valence-corrected chi connectivity index (χ3v) is 7.35. The second kappa shape index (κ2) is 11.2. The molecule has 1 saturated heterocycles. The Morgan fingerprint density at radius 2 is 1.97 bits per heavy atom. The van der Waals surface area contributed by atoms with Crippen LogP contribution in [0.15, 0.2) is 23.8 Å². The van der Waals surface area contributed by atoms with Gasteiger partial charge in [0.05, 0.1) is 17.9 Å². The number of hydrogen-bond acceptors (Lipinski definition) is 5. The fourth-order valence-electron chi connectivity index (χ4n) is 5.08. The minimum Gasteiger partial charge on any atom is -0.462 e. The molecule has 1 fully saturated rings. The molecule has 2 aliphatic carbocycles. The van der Waals surface area contributed by atoms with Crippen molar-refractivity contribution in [3.63, 3.8) is 0 Å². The van der Waals surface area contributed by atoms with Crippen LogP contribution in [0.4, 0.5) is 0 Å². The molecule has 7 atom stereocenters. The van der Waals surface area contributed by atoms with Crippen molar-refractivity contribution in [1.82, 2.24) is 0 Å². The van der Waals surface area contributed by atoms with Crippen molar-refractivity contribution in [3.8, 4) is 0 Å². The van der Waals surface area contributed by atoms with Crippen molar-refractivity contribution in [2.24, 2.45) is 29.1 Å². The summed E-state index contributed by atoms with van der Waals surface area (Å²) in [4.78, 5) is 24.6. The average molecular weight is 459 g/mol. The summed E-state index contributed by atoms with van der Waals surface area (Å²) in [5.41, 5.74) is 0.785. The molecule has 0 bridgehead atoms. The van der Waals surface area contributed by atoms with E-state index in [4.69, 9.17) is 9.47 Å². The third kappa shape index (κ3) is 6.59. The van der Waals surface area contributed by atoms with Crippen LogP contribution < -0.4 is 0 Å². The van der Waals surface area contributed by atoms with E-state index in [0.29, 0.717) is 24.2 Å². The summed E-state index contributed by atoms with van der Waals surface area (Å²) in [5, 5.41) is 9.92. The Balaban J connectivity index is 0.00000341. The first-order valence-corrected chi connectivity index (χ1v) is 11.6. The molecule has 1 N–H and O–H groups in total. The summed E-state index contributed by atoms with van der Waals surface area (Å²) in [6.45, 7) is 10.3. The number of carbonyl (C=O) groups is 2. The number of ether oxygens (including phenoxy) is 2. The topological polar surface area (TPSA) is 72.8 Å². The summed E-state index contributed by atoms with van der Waals surface area (Å²) in [5.74, 6) is 0.776. The number of aliphatic hydroxyl groups is 1. The monoisotopic (exact) mass is 458 g/mol. The Kier molecular flexibility index (Phi) is 9.69. The first kappa shape index (κ1) is 26.9. The zero-order valence-corrected chi connectivity index (χ0v) is 22.0.